The maximum atomic E-state index is 1.60. The summed E-state index contributed by atoms with van der Waals surface area (Å²) in [4.78, 5) is 0. The van der Waals surface area contributed by atoms with Crippen molar-refractivity contribution in [2.75, 3.05) is 0 Å². The molecule has 0 heterocycles. The smallest absolute Gasteiger partial charge is 0 e. The van der Waals surface area contributed by atoms with Gasteiger partial charge in [-0.15, -0.1) is 0 Å². The predicted octanol–water partition coefficient (Wildman–Crippen LogP) is 2.83. The van der Waals surface area contributed by atoms with Crippen LogP contribution in [0, 0.1) is 23.7 Å². The Morgan fingerprint density at radius 3 is 0.818 bits per heavy atom. The van der Waals surface area contributed by atoms with E-state index in [0.29, 0.717) is 0 Å². The molecule has 0 spiro atoms. The molecule has 0 unspecified atom stereocenters. The van der Waals surface area contributed by atoms with Crippen LogP contribution in [0.15, 0.2) is 0 Å². The largest absolute Gasteiger partial charge is 0.0475 e. The Morgan fingerprint density at radius 1 is 0.455 bits per heavy atom. The third-order valence-electron chi connectivity index (χ3n) is 4.00. The fourth-order valence-corrected chi connectivity index (χ4v) is 3.98. The van der Waals surface area contributed by atoms with Crippen LogP contribution in [-0.4, -0.2) is 0 Å². The summed E-state index contributed by atoms with van der Waals surface area (Å²) in [5, 5.41) is 0. The topological polar surface area (TPSA) is 0 Å². The van der Waals surface area contributed by atoms with Gasteiger partial charge in [0.15, 0.2) is 0 Å². The first-order valence-electron chi connectivity index (χ1n) is 4.90. The van der Waals surface area contributed by atoms with Crippen molar-refractivity contribution in [1.29, 1.82) is 0 Å². The second-order valence-electron chi connectivity index (χ2n) is 4.88. The number of hydrogen-bond acceptors (Lipinski definition) is 0. The molecule has 4 fully saturated rings. The molecule has 0 amide bonds. The van der Waals surface area contributed by atoms with Gasteiger partial charge in [-0.25, -0.2) is 0 Å². The van der Waals surface area contributed by atoms with Gasteiger partial charge in [-0.05, 0) is 62.2 Å². The van der Waals surface area contributed by atoms with Crippen molar-refractivity contribution >= 4 is 0 Å². The zero-order chi connectivity index (χ0) is 6.55. The molecule has 0 aliphatic heterocycles. The van der Waals surface area contributed by atoms with E-state index in [4.69, 9.17) is 0 Å². The average Bonchev–Trinajstić information content (AvgIpc) is 1.82. The molecule has 0 nitrogen and oxygen atoms in total. The van der Waals surface area contributed by atoms with E-state index >= 15 is 0 Å². The molecule has 4 bridgehead atoms. The van der Waals surface area contributed by atoms with E-state index in [-0.39, 0.29) is 22.4 Å². The molecular weight excluding hydrogens is 317 g/mol. The summed E-state index contributed by atoms with van der Waals surface area (Å²) in [5.41, 5.74) is 0. The standard InChI is InChI=1S/C10H16.Au/c1-7-2-9-4-8(1)5-10(3-7)6-9;/h7-10H,1-6H2;. The van der Waals surface area contributed by atoms with Crippen LogP contribution in [0.25, 0.3) is 0 Å². The zero-order valence-electron chi connectivity index (χ0n) is 6.85. The van der Waals surface area contributed by atoms with E-state index in [2.05, 4.69) is 0 Å². The Labute approximate surface area is 84.6 Å². The summed E-state index contributed by atoms with van der Waals surface area (Å²) in [6.45, 7) is 0. The van der Waals surface area contributed by atoms with Gasteiger partial charge in [-0.1, -0.05) is 0 Å². The first kappa shape index (κ1) is 8.34. The molecule has 0 aromatic carbocycles. The predicted molar refractivity (Wildman–Crippen MR) is 41.7 cm³/mol. The number of hydrogen-bond donors (Lipinski definition) is 0. The third-order valence-corrected chi connectivity index (χ3v) is 4.00. The van der Waals surface area contributed by atoms with E-state index in [0.717, 1.165) is 0 Å². The van der Waals surface area contributed by atoms with Crippen LogP contribution in [0.4, 0.5) is 0 Å². The summed E-state index contributed by atoms with van der Waals surface area (Å²) in [6, 6.07) is 0. The van der Waals surface area contributed by atoms with Crippen molar-refractivity contribution in [3.05, 3.63) is 0 Å². The zero-order valence-corrected chi connectivity index (χ0v) is 9.02. The summed E-state index contributed by atoms with van der Waals surface area (Å²) in [6.07, 6.45) is 9.62. The van der Waals surface area contributed by atoms with Crippen LogP contribution >= 0.6 is 0 Å². The number of rotatable bonds is 0. The average molecular weight is 333 g/mol. The summed E-state index contributed by atoms with van der Waals surface area (Å²) in [5.74, 6) is 4.71. The SMILES string of the molecule is C1C2CC3CC1CC(C2)C3.[Au]. The van der Waals surface area contributed by atoms with Crippen LogP contribution in [0.1, 0.15) is 38.5 Å². The van der Waals surface area contributed by atoms with Crippen LogP contribution in [0.2, 0.25) is 0 Å². The monoisotopic (exact) mass is 333 g/mol. The van der Waals surface area contributed by atoms with Gasteiger partial charge in [0.2, 0.25) is 0 Å². The van der Waals surface area contributed by atoms with Crippen molar-refractivity contribution in [3.63, 3.8) is 0 Å². The first-order valence-corrected chi connectivity index (χ1v) is 4.90. The molecule has 1 heteroatoms. The molecule has 0 aromatic heterocycles. The molecule has 1 radical (unpaired) electrons. The van der Waals surface area contributed by atoms with Gasteiger partial charge in [-0.3, -0.25) is 0 Å². The Kier molecular flexibility index (Phi) is 2.20. The molecular formula is C10H16Au. The summed E-state index contributed by atoms with van der Waals surface area (Å²) in [7, 11) is 0. The molecule has 4 saturated carbocycles. The molecule has 0 N–H and O–H groups in total. The molecule has 11 heavy (non-hydrogen) atoms. The van der Waals surface area contributed by atoms with Crippen molar-refractivity contribution in [1.82, 2.24) is 0 Å². The van der Waals surface area contributed by atoms with E-state index in [1.807, 2.05) is 0 Å². The van der Waals surface area contributed by atoms with Crippen molar-refractivity contribution in [2.45, 2.75) is 38.5 Å². The van der Waals surface area contributed by atoms with Crippen molar-refractivity contribution < 1.29 is 22.4 Å². The van der Waals surface area contributed by atoms with Crippen LogP contribution in [-0.2, 0) is 22.4 Å². The van der Waals surface area contributed by atoms with E-state index < -0.39 is 0 Å². The Hall–Kier alpha value is 0.740. The molecule has 0 aromatic rings. The third kappa shape index (κ3) is 1.34. The van der Waals surface area contributed by atoms with Gasteiger partial charge in [0, 0.05) is 22.4 Å². The molecule has 4 aliphatic rings. The minimum absolute atomic E-state index is 0. The minimum atomic E-state index is 0. The molecule has 67 valence electrons. The van der Waals surface area contributed by atoms with Crippen LogP contribution < -0.4 is 0 Å². The van der Waals surface area contributed by atoms with Crippen molar-refractivity contribution in [3.8, 4) is 0 Å². The van der Waals surface area contributed by atoms with Crippen LogP contribution in [0.3, 0.4) is 0 Å². The Morgan fingerprint density at radius 2 is 0.636 bits per heavy atom. The van der Waals surface area contributed by atoms with E-state index in [9.17, 15) is 0 Å². The van der Waals surface area contributed by atoms with Crippen molar-refractivity contribution in [2.24, 2.45) is 23.7 Å². The maximum absolute atomic E-state index is 1.60. The summed E-state index contributed by atoms with van der Waals surface area (Å²) < 4.78 is 0. The molecule has 4 rings (SSSR count). The second-order valence-corrected chi connectivity index (χ2v) is 4.88. The van der Waals surface area contributed by atoms with Gasteiger partial charge < -0.3 is 0 Å². The minimum Gasteiger partial charge on any atom is -0.0475 e. The summed E-state index contributed by atoms with van der Waals surface area (Å²) >= 11 is 0. The molecule has 4 aliphatic carbocycles. The Bertz CT molecular complexity index is 96.4. The van der Waals surface area contributed by atoms with E-state index in [1.165, 1.54) is 23.7 Å². The molecule has 0 atom stereocenters. The second kappa shape index (κ2) is 2.90. The quantitative estimate of drug-likeness (QED) is 0.598. The fourth-order valence-electron chi connectivity index (χ4n) is 3.98. The maximum Gasteiger partial charge on any atom is 0 e. The van der Waals surface area contributed by atoms with Gasteiger partial charge in [0.05, 0.1) is 0 Å². The fraction of sp³-hybridized carbons (Fsp3) is 1.00. The Balaban J connectivity index is 0.000000480. The molecule has 0 saturated heterocycles. The first-order chi connectivity index (χ1) is 4.90. The van der Waals surface area contributed by atoms with Gasteiger partial charge in [0.25, 0.3) is 0 Å². The van der Waals surface area contributed by atoms with Gasteiger partial charge in [-0.2, -0.15) is 0 Å². The normalized spacial score (nSPS) is 52.4. The van der Waals surface area contributed by atoms with Gasteiger partial charge in [0.1, 0.15) is 0 Å². The van der Waals surface area contributed by atoms with Gasteiger partial charge >= 0.3 is 0 Å². The van der Waals surface area contributed by atoms with Crippen LogP contribution in [0.5, 0.6) is 0 Å². The van der Waals surface area contributed by atoms with E-state index in [1.54, 1.807) is 38.5 Å².